The fraction of sp³-hybridized carbons (Fsp3) is 0.444. The van der Waals surface area contributed by atoms with Gasteiger partial charge in [-0.2, -0.15) is 0 Å². The third-order valence-corrected chi connectivity index (χ3v) is 7.65. The van der Waals surface area contributed by atoms with E-state index in [0.29, 0.717) is 23.1 Å². The Hall–Kier alpha value is -3.47. The van der Waals surface area contributed by atoms with E-state index in [-0.39, 0.29) is 6.61 Å². The normalized spacial score (nSPS) is 24.3. The summed E-state index contributed by atoms with van der Waals surface area (Å²) in [4.78, 5) is 13.2. The molecule has 1 aromatic carbocycles. The molecule has 1 aliphatic carbocycles. The first-order chi connectivity index (χ1) is 18.0. The van der Waals surface area contributed by atoms with Gasteiger partial charge in [0, 0.05) is 24.7 Å². The SMILES string of the molecule is CNc1ccc2ccc(OC[C@H]3O[C@@H](n4cc(CC5CCCC5)c5c(N)ncnc54)[C@H](O)[C@@H]3O)cc2n1. The molecular weight excluding hydrogens is 472 g/mol. The van der Waals surface area contributed by atoms with Crippen molar-refractivity contribution in [2.24, 2.45) is 5.92 Å². The van der Waals surface area contributed by atoms with Crippen LogP contribution >= 0.6 is 0 Å². The van der Waals surface area contributed by atoms with Crippen molar-refractivity contribution < 1.29 is 19.7 Å². The predicted molar refractivity (Wildman–Crippen MR) is 140 cm³/mol. The van der Waals surface area contributed by atoms with Crippen LogP contribution < -0.4 is 15.8 Å². The number of hydrogen-bond donors (Lipinski definition) is 4. The average Bonchev–Trinajstić information content (AvgIpc) is 3.62. The molecule has 2 fully saturated rings. The molecule has 2 aliphatic rings. The average molecular weight is 505 g/mol. The van der Waals surface area contributed by atoms with E-state index in [4.69, 9.17) is 15.2 Å². The summed E-state index contributed by atoms with van der Waals surface area (Å²) in [5, 5.41) is 26.6. The summed E-state index contributed by atoms with van der Waals surface area (Å²) in [6.45, 7) is 0.0667. The number of ether oxygens (including phenoxy) is 2. The molecule has 4 heterocycles. The number of nitrogens with one attached hydrogen (secondary N) is 1. The van der Waals surface area contributed by atoms with Crippen LogP contribution in [0.3, 0.4) is 0 Å². The summed E-state index contributed by atoms with van der Waals surface area (Å²) in [6.07, 6.45) is 5.29. The molecule has 1 saturated heterocycles. The van der Waals surface area contributed by atoms with Crippen LogP contribution in [0.2, 0.25) is 0 Å². The van der Waals surface area contributed by atoms with Gasteiger partial charge in [0.15, 0.2) is 6.23 Å². The summed E-state index contributed by atoms with van der Waals surface area (Å²) in [6, 6.07) is 9.53. The second kappa shape index (κ2) is 9.77. The summed E-state index contributed by atoms with van der Waals surface area (Å²) >= 11 is 0. The number of pyridine rings is 1. The van der Waals surface area contributed by atoms with Gasteiger partial charge in [-0.05, 0) is 42.2 Å². The Balaban J connectivity index is 1.22. The van der Waals surface area contributed by atoms with Crippen molar-refractivity contribution in [1.29, 1.82) is 0 Å². The second-order valence-corrected chi connectivity index (χ2v) is 10.0. The lowest BCUT2D eigenvalue weighted by atomic mass is 9.98. The lowest BCUT2D eigenvalue weighted by Crippen LogP contribution is -2.34. The summed E-state index contributed by atoms with van der Waals surface area (Å²) in [5.41, 5.74) is 8.70. The molecule has 5 N–H and O–H groups in total. The molecule has 0 amide bonds. The van der Waals surface area contributed by atoms with E-state index >= 15 is 0 Å². The Kier molecular flexibility index (Phi) is 6.31. The number of fused-ring (bicyclic) bond motifs is 2. The highest BCUT2D eigenvalue weighted by Gasteiger charge is 2.45. The number of nitrogens with two attached hydrogens (primary N) is 1. The van der Waals surface area contributed by atoms with Crippen LogP contribution in [0.15, 0.2) is 42.9 Å². The second-order valence-electron chi connectivity index (χ2n) is 10.0. The van der Waals surface area contributed by atoms with Crippen molar-refractivity contribution in [2.75, 3.05) is 24.7 Å². The van der Waals surface area contributed by atoms with E-state index < -0.39 is 24.5 Å². The van der Waals surface area contributed by atoms with Gasteiger partial charge in [0.1, 0.15) is 54.3 Å². The zero-order valence-electron chi connectivity index (χ0n) is 20.7. The number of nitrogens with zero attached hydrogens (tertiary/aromatic N) is 4. The van der Waals surface area contributed by atoms with Crippen LogP contribution in [-0.4, -0.2) is 61.7 Å². The molecular formula is C27H32N6O4. The van der Waals surface area contributed by atoms with Crippen LogP contribution in [0.5, 0.6) is 5.75 Å². The highest BCUT2D eigenvalue weighted by molar-refractivity contribution is 5.90. The van der Waals surface area contributed by atoms with E-state index in [9.17, 15) is 10.2 Å². The van der Waals surface area contributed by atoms with Crippen LogP contribution in [0.4, 0.5) is 11.6 Å². The van der Waals surface area contributed by atoms with Gasteiger partial charge in [-0.25, -0.2) is 15.0 Å². The Labute approximate surface area is 214 Å². The Morgan fingerprint density at radius 3 is 2.76 bits per heavy atom. The van der Waals surface area contributed by atoms with Crippen LogP contribution in [-0.2, 0) is 11.2 Å². The van der Waals surface area contributed by atoms with E-state index in [1.807, 2.05) is 43.6 Å². The van der Waals surface area contributed by atoms with E-state index in [1.165, 1.54) is 32.0 Å². The van der Waals surface area contributed by atoms with Gasteiger partial charge >= 0.3 is 0 Å². The molecule has 10 heteroatoms. The van der Waals surface area contributed by atoms with Gasteiger partial charge in [-0.15, -0.1) is 0 Å². The molecule has 6 rings (SSSR count). The van der Waals surface area contributed by atoms with Gasteiger partial charge in [-0.3, -0.25) is 0 Å². The topological polar surface area (TPSA) is 141 Å². The third-order valence-electron chi connectivity index (χ3n) is 7.65. The number of anilines is 2. The molecule has 0 radical (unpaired) electrons. The molecule has 0 unspecified atom stereocenters. The van der Waals surface area contributed by atoms with Gasteiger partial charge in [0.05, 0.1) is 10.9 Å². The standard InChI is InChI=1S/C27H32N6O4/c1-29-21-9-7-16-6-8-18(11-19(16)32-21)36-13-20-23(34)24(35)27(37-20)33-12-17(10-15-4-2-3-5-15)22-25(28)30-14-31-26(22)33/h6-9,11-12,14-15,20,23-24,27,34-35H,2-5,10,13H2,1H3,(H,29,32)(H2,28,30,31)/t20-,23-,24-,27-/m1/s1. The summed E-state index contributed by atoms with van der Waals surface area (Å²) in [7, 11) is 1.82. The van der Waals surface area contributed by atoms with Gasteiger partial charge < -0.3 is 35.3 Å². The minimum Gasteiger partial charge on any atom is -0.491 e. The first-order valence-electron chi connectivity index (χ1n) is 12.8. The molecule has 4 atom stereocenters. The number of nitrogen functional groups attached to an aromatic ring is 1. The third kappa shape index (κ3) is 4.45. The number of benzene rings is 1. The number of aliphatic hydroxyl groups excluding tert-OH is 2. The van der Waals surface area contributed by atoms with Crippen molar-refractivity contribution in [3.63, 3.8) is 0 Å². The largest absolute Gasteiger partial charge is 0.491 e. The van der Waals surface area contributed by atoms with E-state index in [0.717, 1.165) is 34.1 Å². The minimum atomic E-state index is -1.16. The quantitative estimate of drug-likeness (QED) is 0.299. The Morgan fingerprint density at radius 2 is 1.95 bits per heavy atom. The maximum absolute atomic E-state index is 11.0. The van der Waals surface area contributed by atoms with Crippen molar-refractivity contribution >= 4 is 33.6 Å². The minimum absolute atomic E-state index is 0.0667. The van der Waals surface area contributed by atoms with Crippen molar-refractivity contribution in [3.8, 4) is 5.75 Å². The fourth-order valence-corrected chi connectivity index (χ4v) is 5.66. The number of hydrogen-bond acceptors (Lipinski definition) is 9. The monoisotopic (exact) mass is 504 g/mol. The molecule has 1 aliphatic heterocycles. The molecule has 3 aromatic heterocycles. The lowest BCUT2D eigenvalue weighted by Gasteiger charge is -2.17. The van der Waals surface area contributed by atoms with Crippen LogP contribution in [0.1, 0.15) is 37.5 Å². The Bertz CT molecular complexity index is 1420. The fourth-order valence-electron chi connectivity index (χ4n) is 5.66. The summed E-state index contributed by atoms with van der Waals surface area (Å²) in [5.74, 6) is 2.38. The summed E-state index contributed by atoms with van der Waals surface area (Å²) < 4.78 is 13.9. The molecule has 4 aromatic rings. The maximum atomic E-state index is 11.0. The van der Waals surface area contributed by atoms with Gasteiger partial charge in [0.2, 0.25) is 0 Å². The first kappa shape index (κ1) is 23.9. The van der Waals surface area contributed by atoms with Crippen LogP contribution in [0, 0.1) is 5.92 Å². The molecule has 0 bridgehead atoms. The van der Waals surface area contributed by atoms with Gasteiger partial charge in [0.25, 0.3) is 0 Å². The maximum Gasteiger partial charge on any atom is 0.164 e. The first-order valence-corrected chi connectivity index (χ1v) is 12.8. The van der Waals surface area contributed by atoms with Crippen molar-refractivity contribution in [1.82, 2.24) is 19.5 Å². The Morgan fingerprint density at radius 1 is 1.14 bits per heavy atom. The van der Waals surface area contributed by atoms with Crippen molar-refractivity contribution in [2.45, 2.75) is 56.6 Å². The van der Waals surface area contributed by atoms with E-state index in [2.05, 4.69) is 20.3 Å². The van der Waals surface area contributed by atoms with E-state index in [1.54, 1.807) is 4.57 Å². The molecule has 194 valence electrons. The number of rotatable bonds is 7. The number of aliphatic hydroxyl groups is 2. The molecule has 37 heavy (non-hydrogen) atoms. The zero-order valence-corrected chi connectivity index (χ0v) is 20.7. The molecule has 10 nitrogen and oxygen atoms in total. The molecule has 1 saturated carbocycles. The lowest BCUT2D eigenvalue weighted by molar-refractivity contribution is -0.0472. The smallest absolute Gasteiger partial charge is 0.164 e. The van der Waals surface area contributed by atoms with Gasteiger partial charge in [-0.1, -0.05) is 25.7 Å². The highest BCUT2D eigenvalue weighted by Crippen LogP contribution is 2.37. The van der Waals surface area contributed by atoms with Crippen LogP contribution in [0.25, 0.3) is 21.9 Å². The zero-order chi connectivity index (χ0) is 25.5. The van der Waals surface area contributed by atoms with Crippen molar-refractivity contribution in [3.05, 3.63) is 48.4 Å². The molecule has 0 spiro atoms. The number of aromatic nitrogens is 4. The predicted octanol–water partition coefficient (Wildman–Crippen LogP) is 3.03. The highest BCUT2D eigenvalue weighted by atomic mass is 16.6.